The Labute approximate surface area is 298 Å². The lowest BCUT2D eigenvalue weighted by Gasteiger charge is -2.26. The lowest BCUT2D eigenvalue weighted by molar-refractivity contribution is -0.163. The summed E-state index contributed by atoms with van der Waals surface area (Å²) in [5.41, 5.74) is 3.85. The van der Waals surface area contributed by atoms with Crippen LogP contribution >= 0.6 is 0 Å². The Bertz CT molecular complexity index is 1800. The second-order valence-corrected chi connectivity index (χ2v) is 13.5. The number of carboxylic acid groups (broad SMARTS) is 1. The van der Waals surface area contributed by atoms with Crippen LogP contribution in [-0.4, -0.2) is 51.7 Å². The van der Waals surface area contributed by atoms with Gasteiger partial charge in [-0.3, -0.25) is 14.0 Å². The number of amides is 3. The molecule has 0 aliphatic heterocycles. The quantitative estimate of drug-likeness (QED) is 0.134. The lowest BCUT2D eigenvalue weighted by Crippen LogP contribution is -2.42. The van der Waals surface area contributed by atoms with Gasteiger partial charge in [-0.05, 0) is 91.4 Å². The molecule has 1 atom stereocenters. The number of carbonyl (C=O) groups excluding carboxylic acids is 2. The highest BCUT2D eigenvalue weighted by atomic mass is 32.2. The molecule has 10 nitrogen and oxygen atoms in total. The van der Waals surface area contributed by atoms with Crippen molar-refractivity contribution < 1.29 is 38.0 Å². The summed E-state index contributed by atoms with van der Waals surface area (Å²) in [5, 5.41) is 13.5. The number of hydrogen-bond donors (Lipinski definition) is 3. The Morgan fingerprint density at radius 2 is 1.53 bits per heavy atom. The second kappa shape index (κ2) is 17.7. The van der Waals surface area contributed by atoms with Gasteiger partial charge in [0, 0.05) is 29.2 Å². The molecule has 0 aromatic heterocycles. The van der Waals surface area contributed by atoms with E-state index < -0.39 is 41.4 Å². The molecule has 0 saturated heterocycles. The molecule has 1 unspecified atom stereocenters. The normalized spacial score (nSPS) is 13.7. The first kappa shape index (κ1) is 38.7. The summed E-state index contributed by atoms with van der Waals surface area (Å²) in [4.78, 5) is 39.1. The van der Waals surface area contributed by atoms with Crippen molar-refractivity contribution in [2.24, 2.45) is 0 Å². The third kappa shape index (κ3) is 9.98. The maximum absolute atomic E-state index is 14.0. The van der Waals surface area contributed by atoms with Gasteiger partial charge in [0.25, 0.3) is 5.91 Å². The van der Waals surface area contributed by atoms with Crippen LogP contribution in [0.5, 0.6) is 0 Å². The number of hydrogen-bond acceptors (Lipinski definition) is 4. The van der Waals surface area contributed by atoms with Crippen molar-refractivity contribution >= 4 is 46.0 Å². The number of carbonyl (C=O) groups is 3. The zero-order valence-electron chi connectivity index (χ0n) is 28.2. The first-order valence-corrected chi connectivity index (χ1v) is 17.7. The van der Waals surface area contributed by atoms with E-state index in [4.69, 9.17) is 5.11 Å². The number of benzene rings is 4. The van der Waals surface area contributed by atoms with Gasteiger partial charge in [0.1, 0.15) is 0 Å². The summed E-state index contributed by atoms with van der Waals surface area (Å²) in [7, 11) is -1.53. The van der Waals surface area contributed by atoms with Crippen molar-refractivity contribution in [3.8, 4) is 0 Å². The van der Waals surface area contributed by atoms with Gasteiger partial charge in [-0.15, -0.1) is 0 Å². The molecule has 5 N–H and O–H groups in total. The van der Waals surface area contributed by atoms with Gasteiger partial charge in [-0.2, -0.15) is 8.78 Å². The fourth-order valence-electron chi connectivity index (χ4n) is 5.95. The van der Waals surface area contributed by atoms with Crippen LogP contribution in [0.2, 0.25) is 0 Å². The molecule has 0 radical (unpaired) electrons. The predicted octanol–water partition coefficient (Wildman–Crippen LogP) is 7.15. The third-order valence-corrected chi connectivity index (χ3v) is 10.2. The molecule has 3 amide bonds. The maximum Gasteiger partial charge on any atom is 0.376 e. The van der Waals surface area contributed by atoms with E-state index in [1.54, 1.807) is 45.6 Å². The van der Waals surface area contributed by atoms with Crippen LogP contribution in [0.4, 0.5) is 30.6 Å². The van der Waals surface area contributed by atoms with E-state index in [2.05, 4.69) is 17.4 Å². The standard InChI is InChI=1S/C38H40F2N4O5S.H2O/c1-2-44(33-13-7-4-8-14-33)50(49)34-15-9-12-31(24-34)42-37(48)43(32-22-20-29(21-23-32)28-10-5-3-6-11-28)25-27-16-18-30(19-17-27)35(45)41-26-38(39,40)36(46)47;/h4,7-9,12-24,28H,2-3,5-6,10-11,25-26H2,1H3,(H,41,45)(H,42,48)(H,46,47);1H2. The molecule has 0 bridgehead atoms. The van der Waals surface area contributed by atoms with Gasteiger partial charge in [0.15, 0.2) is 11.0 Å². The predicted molar refractivity (Wildman–Crippen MR) is 195 cm³/mol. The molecule has 1 saturated carbocycles. The largest absolute Gasteiger partial charge is 0.477 e. The molecule has 13 heteroatoms. The second-order valence-electron chi connectivity index (χ2n) is 12.1. The molecule has 1 aliphatic rings. The number of rotatable bonds is 13. The monoisotopic (exact) mass is 720 g/mol. The zero-order valence-corrected chi connectivity index (χ0v) is 29.0. The molecule has 4 aromatic rings. The van der Waals surface area contributed by atoms with Crippen molar-refractivity contribution in [3.63, 3.8) is 0 Å². The molecule has 1 fully saturated rings. The highest BCUT2D eigenvalue weighted by molar-refractivity contribution is 7.86. The lowest BCUT2D eigenvalue weighted by atomic mass is 9.84. The van der Waals surface area contributed by atoms with Crippen molar-refractivity contribution in [3.05, 3.63) is 120 Å². The van der Waals surface area contributed by atoms with Crippen molar-refractivity contribution in [1.82, 2.24) is 5.32 Å². The van der Waals surface area contributed by atoms with Crippen LogP contribution in [0.1, 0.15) is 66.4 Å². The fourth-order valence-corrected chi connectivity index (χ4v) is 7.17. The summed E-state index contributed by atoms with van der Waals surface area (Å²) >= 11 is 0. The van der Waals surface area contributed by atoms with E-state index in [-0.39, 0.29) is 17.6 Å². The highest BCUT2D eigenvalue weighted by Crippen LogP contribution is 2.34. The average molecular weight is 721 g/mol. The van der Waals surface area contributed by atoms with Gasteiger partial charge in [-0.25, -0.2) is 13.8 Å². The van der Waals surface area contributed by atoms with Gasteiger partial charge < -0.3 is 21.2 Å². The summed E-state index contributed by atoms with van der Waals surface area (Å²) < 4.78 is 42.3. The van der Waals surface area contributed by atoms with Crippen molar-refractivity contribution in [2.45, 2.75) is 62.3 Å². The Morgan fingerprint density at radius 3 is 2.16 bits per heavy atom. The molecular weight excluding hydrogens is 679 g/mol. The van der Waals surface area contributed by atoms with Crippen LogP contribution in [0, 0.1) is 0 Å². The Hall–Kier alpha value is -5.14. The number of halogens is 2. The first-order chi connectivity index (χ1) is 24.1. The topological polar surface area (TPSA) is 151 Å². The molecule has 51 heavy (non-hydrogen) atoms. The zero-order chi connectivity index (χ0) is 35.7. The van der Waals surface area contributed by atoms with E-state index in [1.807, 2.05) is 54.7 Å². The number of alkyl halides is 2. The van der Waals surface area contributed by atoms with Gasteiger partial charge in [-0.1, -0.05) is 67.8 Å². The number of nitrogens with one attached hydrogen (secondary N) is 2. The Morgan fingerprint density at radius 1 is 0.863 bits per heavy atom. The SMILES string of the molecule is CCN(c1ccccc1)S(=O)c1cccc(NC(=O)N(Cc2ccc(C(=O)NCC(F)(F)C(=O)O)cc2)c2ccc(C3CCCCC3)cc2)c1.O. The van der Waals surface area contributed by atoms with Crippen LogP contribution in [-0.2, 0) is 22.3 Å². The van der Waals surface area contributed by atoms with Gasteiger partial charge >= 0.3 is 17.9 Å². The van der Waals surface area contributed by atoms with Gasteiger partial charge in [0.05, 0.1) is 18.0 Å². The van der Waals surface area contributed by atoms with Crippen molar-refractivity contribution in [1.29, 1.82) is 0 Å². The summed E-state index contributed by atoms with van der Waals surface area (Å²) in [5.74, 6) is -6.79. The van der Waals surface area contributed by atoms with E-state index in [9.17, 15) is 27.4 Å². The Kier molecular flexibility index (Phi) is 13.4. The minimum atomic E-state index is -4.10. The Balaban J connectivity index is 0.00000583. The molecule has 5 rings (SSSR count). The minimum Gasteiger partial charge on any atom is -0.477 e. The summed E-state index contributed by atoms with van der Waals surface area (Å²) in [6.07, 6.45) is 5.91. The molecule has 4 aromatic carbocycles. The molecule has 270 valence electrons. The summed E-state index contributed by atoms with van der Waals surface area (Å²) in [6, 6.07) is 29.9. The van der Waals surface area contributed by atoms with Crippen molar-refractivity contribution in [2.75, 3.05) is 27.6 Å². The first-order valence-electron chi connectivity index (χ1n) is 16.6. The third-order valence-electron chi connectivity index (χ3n) is 8.69. The number of nitrogens with zero attached hydrogens (tertiary/aromatic N) is 2. The summed E-state index contributed by atoms with van der Waals surface area (Å²) in [6.45, 7) is 1.19. The number of anilines is 3. The maximum atomic E-state index is 14.0. The molecular formula is C38H42F2N4O6S. The van der Waals surface area contributed by atoms with E-state index in [1.165, 1.54) is 37.0 Å². The van der Waals surface area contributed by atoms with Crippen LogP contribution in [0.3, 0.4) is 0 Å². The average Bonchev–Trinajstić information content (AvgIpc) is 3.14. The number of aliphatic carboxylic acids is 1. The smallest absolute Gasteiger partial charge is 0.376 e. The molecule has 0 spiro atoms. The van der Waals surface area contributed by atoms with Gasteiger partial charge in [0.2, 0.25) is 0 Å². The van der Waals surface area contributed by atoms with E-state index in [0.29, 0.717) is 34.3 Å². The van der Waals surface area contributed by atoms with Crippen LogP contribution in [0.25, 0.3) is 0 Å². The van der Waals surface area contributed by atoms with E-state index >= 15 is 0 Å². The van der Waals surface area contributed by atoms with E-state index in [0.717, 1.165) is 18.5 Å². The molecule has 1 aliphatic carbocycles. The number of para-hydroxylation sites is 1. The number of carboxylic acids is 1. The highest BCUT2D eigenvalue weighted by Gasteiger charge is 2.39. The van der Waals surface area contributed by atoms with Crippen LogP contribution in [0.15, 0.2) is 108 Å². The fraction of sp³-hybridized carbons (Fsp3) is 0.289. The number of urea groups is 1. The van der Waals surface area contributed by atoms with Crippen LogP contribution < -0.4 is 19.8 Å². The minimum absolute atomic E-state index is 0. The molecule has 0 heterocycles.